The molecule has 0 aliphatic carbocycles. The molecule has 1 fully saturated rings. The second-order valence-electron chi connectivity index (χ2n) is 8.25. The van der Waals surface area contributed by atoms with Gasteiger partial charge in [-0.2, -0.15) is 0 Å². The minimum Gasteiger partial charge on any atom is -0.374 e. The number of rotatable bonds is 5. The van der Waals surface area contributed by atoms with Crippen LogP contribution in [0, 0.1) is 6.92 Å². The molecule has 0 bridgehead atoms. The van der Waals surface area contributed by atoms with Crippen molar-refractivity contribution in [3.05, 3.63) is 64.7 Å². The van der Waals surface area contributed by atoms with Gasteiger partial charge in [-0.15, -0.1) is 0 Å². The van der Waals surface area contributed by atoms with Crippen molar-refractivity contribution < 1.29 is 4.79 Å². The lowest BCUT2D eigenvalue weighted by molar-refractivity contribution is 0.0924. The molecule has 4 nitrogen and oxygen atoms in total. The van der Waals surface area contributed by atoms with E-state index < -0.39 is 0 Å². The van der Waals surface area contributed by atoms with Gasteiger partial charge in [-0.3, -0.25) is 9.69 Å². The Labute approximate surface area is 168 Å². The number of benzene rings is 2. The fraction of sp³-hybridized carbons (Fsp3) is 0.458. The maximum Gasteiger partial charge on any atom is 0.251 e. The van der Waals surface area contributed by atoms with E-state index in [-0.39, 0.29) is 11.9 Å². The van der Waals surface area contributed by atoms with Crippen LogP contribution in [0.5, 0.6) is 0 Å². The summed E-state index contributed by atoms with van der Waals surface area (Å²) in [5, 5.41) is 3.21. The molecule has 148 valence electrons. The Kier molecular flexibility index (Phi) is 5.67. The Balaban J connectivity index is 1.53. The van der Waals surface area contributed by atoms with Gasteiger partial charge in [0.15, 0.2) is 0 Å². The van der Waals surface area contributed by atoms with Gasteiger partial charge in [0.2, 0.25) is 0 Å². The molecule has 4 heteroatoms. The minimum absolute atomic E-state index is 0.0200. The van der Waals surface area contributed by atoms with E-state index in [1.54, 1.807) is 0 Å². The van der Waals surface area contributed by atoms with Gasteiger partial charge in [-0.1, -0.05) is 36.2 Å². The first kappa shape index (κ1) is 19.0. The number of fused-ring (bicyclic) bond motifs is 1. The average molecular weight is 378 g/mol. The molecule has 2 aliphatic rings. The molecule has 2 aromatic rings. The van der Waals surface area contributed by atoms with E-state index >= 15 is 0 Å². The molecule has 0 saturated carbocycles. The third-order valence-corrected chi connectivity index (χ3v) is 6.18. The van der Waals surface area contributed by atoms with Gasteiger partial charge in [0.1, 0.15) is 0 Å². The largest absolute Gasteiger partial charge is 0.374 e. The number of likely N-dealkylation sites (N-methyl/N-ethyl adjacent to an activating group) is 1. The van der Waals surface area contributed by atoms with Gasteiger partial charge < -0.3 is 10.2 Å². The summed E-state index contributed by atoms with van der Waals surface area (Å²) in [6, 6.07) is 15.0. The van der Waals surface area contributed by atoms with E-state index in [1.165, 1.54) is 36.1 Å². The van der Waals surface area contributed by atoms with Crippen LogP contribution in [0.3, 0.4) is 0 Å². The Morgan fingerprint density at radius 2 is 1.89 bits per heavy atom. The van der Waals surface area contributed by atoms with Crippen LogP contribution in [0.1, 0.15) is 52.4 Å². The molecule has 0 aromatic heterocycles. The summed E-state index contributed by atoms with van der Waals surface area (Å²) >= 11 is 0. The molecule has 0 spiro atoms. The van der Waals surface area contributed by atoms with Gasteiger partial charge in [-0.25, -0.2) is 0 Å². The van der Waals surface area contributed by atoms with E-state index in [9.17, 15) is 4.79 Å². The number of amides is 1. The number of likely N-dealkylation sites (tertiary alicyclic amines) is 1. The third-order valence-electron chi connectivity index (χ3n) is 6.18. The van der Waals surface area contributed by atoms with Crippen molar-refractivity contribution in [3.8, 4) is 0 Å². The maximum absolute atomic E-state index is 12.7. The van der Waals surface area contributed by atoms with Crippen molar-refractivity contribution in [1.29, 1.82) is 0 Å². The van der Waals surface area contributed by atoms with E-state index in [0.29, 0.717) is 6.54 Å². The molecule has 1 unspecified atom stereocenters. The van der Waals surface area contributed by atoms with Gasteiger partial charge in [0.05, 0.1) is 6.04 Å². The molecule has 28 heavy (non-hydrogen) atoms. The molecule has 2 aromatic carbocycles. The molecule has 4 rings (SSSR count). The van der Waals surface area contributed by atoms with Crippen molar-refractivity contribution in [1.82, 2.24) is 10.2 Å². The Morgan fingerprint density at radius 1 is 1.07 bits per heavy atom. The Morgan fingerprint density at radius 3 is 2.68 bits per heavy atom. The lowest BCUT2D eigenvalue weighted by atomic mass is 9.98. The lowest BCUT2D eigenvalue weighted by Gasteiger charge is -2.35. The highest BCUT2D eigenvalue weighted by Gasteiger charge is 2.25. The van der Waals surface area contributed by atoms with Crippen molar-refractivity contribution in [2.24, 2.45) is 0 Å². The average Bonchev–Trinajstić information content (AvgIpc) is 3.09. The molecule has 2 heterocycles. The van der Waals surface area contributed by atoms with Crippen LogP contribution < -0.4 is 10.2 Å². The first-order valence-corrected chi connectivity index (χ1v) is 10.5. The highest BCUT2D eigenvalue weighted by molar-refractivity contribution is 5.94. The molecule has 0 radical (unpaired) electrons. The second-order valence-corrected chi connectivity index (χ2v) is 8.25. The summed E-state index contributed by atoms with van der Waals surface area (Å²) in [6.45, 7) is 6.00. The SMILES string of the molecule is Cc1cccc(C(=O)NCC(c2ccc3c(c2)CCN3C)N2CCCCC2)c1. The quantitative estimate of drug-likeness (QED) is 0.857. The summed E-state index contributed by atoms with van der Waals surface area (Å²) < 4.78 is 0. The van der Waals surface area contributed by atoms with Crippen LogP contribution in [0.4, 0.5) is 5.69 Å². The zero-order valence-electron chi connectivity index (χ0n) is 17.1. The number of hydrogen-bond donors (Lipinski definition) is 1. The molecule has 1 atom stereocenters. The predicted octanol–water partition coefficient (Wildman–Crippen LogP) is 3.94. The van der Waals surface area contributed by atoms with Crippen molar-refractivity contribution >= 4 is 11.6 Å². The smallest absolute Gasteiger partial charge is 0.251 e. The van der Waals surface area contributed by atoms with Crippen LogP contribution in [0.25, 0.3) is 0 Å². The zero-order valence-corrected chi connectivity index (χ0v) is 17.1. The van der Waals surface area contributed by atoms with Crippen molar-refractivity contribution in [3.63, 3.8) is 0 Å². The Hall–Kier alpha value is -2.33. The first-order valence-electron chi connectivity index (χ1n) is 10.5. The molecule has 1 N–H and O–H groups in total. The van der Waals surface area contributed by atoms with Crippen LogP contribution in [0.15, 0.2) is 42.5 Å². The topological polar surface area (TPSA) is 35.6 Å². The molecule has 2 aliphatic heterocycles. The first-order chi connectivity index (χ1) is 13.6. The summed E-state index contributed by atoms with van der Waals surface area (Å²) in [4.78, 5) is 17.6. The molecule has 1 saturated heterocycles. The number of anilines is 1. The van der Waals surface area contributed by atoms with Crippen LogP contribution in [0.2, 0.25) is 0 Å². The van der Waals surface area contributed by atoms with Gasteiger partial charge in [0.25, 0.3) is 5.91 Å². The fourth-order valence-corrected chi connectivity index (χ4v) is 4.56. The number of nitrogens with zero attached hydrogens (tertiary/aromatic N) is 2. The number of aryl methyl sites for hydroxylation is 1. The molecule has 1 amide bonds. The van der Waals surface area contributed by atoms with Crippen LogP contribution in [-0.4, -0.2) is 44.0 Å². The molecular weight excluding hydrogens is 346 g/mol. The van der Waals surface area contributed by atoms with Crippen LogP contribution >= 0.6 is 0 Å². The monoisotopic (exact) mass is 377 g/mol. The normalized spacial score (nSPS) is 18.0. The standard InChI is InChI=1S/C24H31N3O/c1-18-7-6-8-21(15-18)24(28)25-17-23(27-12-4-3-5-13-27)19-9-10-22-20(16-19)11-14-26(22)2/h6-10,15-16,23H,3-5,11-14,17H2,1-2H3,(H,25,28). The highest BCUT2D eigenvalue weighted by atomic mass is 16.1. The minimum atomic E-state index is 0.0200. The summed E-state index contributed by atoms with van der Waals surface area (Å²) in [5.74, 6) is 0.0200. The van der Waals surface area contributed by atoms with Crippen molar-refractivity contribution in [2.45, 2.75) is 38.6 Å². The van der Waals surface area contributed by atoms with E-state index in [0.717, 1.165) is 37.2 Å². The van der Waals surface area contributed by atoms with Gasteiger partial charge in [0, 0.05) is 31.4 Å². The predicted molar refractivity (Wildman–Crippen MR) is 115 cm³/mol. The summed E-state index contributed by atoms with van der Waals surface area (Å²) in [6.07, 6.45) is 4.92. The second kappa shape index (κ2) is 8.36. The number of nitrogens with one attached hydrogen (secondary N) is 1. The maximum atomic E-state index is 12.7. The highest BCUT2D eigenvalue weighted by Crippen LogP contribution is 2.32. The van der Waals surface area contributed by atoms with Gasteiger partial charge in [-0.05, 0) is 68.6 Å². The van der Waals surface area contributed by atoms with Crippen molar-refractivity contribution in [2.75, 3.05) is 38.1 Å². The fourth-order valence-electron chi connectivity index (χ4n) is 4.56. The number of carbonyl (C=O) groups is 1. The number of piperidine rings is 1. The van der Waals surface area contributed by atoms with E-state index in [2.05, 4.69) is 40.4 Å². The third kappa shape index (κ3) is 4.07. The van der Waals surface area contributed by atoms with E-state index in [4.69, 9.17) is 0 Å². The summed E-state index contributed by atoms with van der Waals surface area (Å²) in [5.41, 5.74) is 5.98. The zero-order chi connectivity index (χ0) is 19.5. The summed E-state index contributed by atoms with van der Waals surface area (Å²) in [7, 11) is 2.16. The number of carbonyl (C=O) groups excluding carboxylic acids is 1. The lowest BCUT2D eigenvalue weighted by Crippen LogP contribution is -2.40. The molecular formula is C24H31N3O. The Bertz CT molecular complexity index is 841. The van der Waals surface area contributed by atoms with Gasteiger partial charge >= 0.3 is 0 Å². The number of hydrogen-bond acceptors (Lipinski definition) is 3. The van der Waals surface area contributed by atoms with Crippen LogP contribution in [-0.2, 0) is 6.42 Å². The van der Waals surface area contributed by atoms with E-state index in [1.807, 2.05) is 31.2 Å².